The molecule has 0 unspecified atom stereocenters. The average Bonchev–Trinajstić information content (AvgIpc) is 2.99. The van der Waals surface area contributed by atoms with E-state index >= 15 is 0 Å². The molecule has 3 nitrogen and oxygen atoms in total. The molecule has 0 saturated heterocycles. The van der Waals surface area contributed by atoms with Gasteiger partial charge in [-0.2, -0.15) is 0 Å². The SMILES string of the molecule is CC(C)(C)OC(=O)NC1(c2cc(F)ccc2Br)CC1. The van der Waals surface area contributed by atoms with Crippen molar-refractivity contribution in [2.45, 2.75) is 44.8 Å². The Bertz CT molecular complexity index is 507. The number of amides is 1. The topological polar surface area (TPSA) is 38.3 Å². The number of ether oxygens (including phenoxy) is 1. The molecule has 1 fully saturated rings. The number of benzene rings is 1. The summed E-state index contributed by atoms with van der Waals surface area (Å²) in [6.45, 7) is 5.43. The summed E-state index contributed by atoms with van der Waals surface area (Å²) in [5, 5.41) is 2.85. The first-order valence-electron chi connectivity index (χ1n) is 6.19. The first kappa shape index (κ1) is 14.3. The minimum absolute atomic E-state index is 0.310. The van der Waals surface area contributed by atoms with E-state index in [4.69, 9.17) is 4.74 Å². The van der Waals surface area contributed by atoms with Crippen LogP contribution in [0.2, 0.25) is 0 Å². The monoisotopic (exact) mass is 329 g/mol. The molecule has 1 aromatic carbocycles. The molecule has 0 atom stereocenters. The van der Waals surface area contributed by atoms with Crippen molar-refractivity contribution in [1.82, 2.24) is 5.32 Å². The zero-order chi connectivity index (χ0) is 14.3. The van der Waals surface area contributed by atoms with E-state index in [2.05, 4.69) is 21.2 Å². The van der Waals surface area contributed by atoms with Crippen molar-refractivity contribution in [2.24, 2.45) is 0 Å². The third-order valence-electron chi connectivity index (χ3n) is 2.93. The Balaban J connectivity index is 2.15. The highest BCUT2D eigenvalue weighted by molar-refractivity contribution is 9.10. The van der Waals surface area contributed by atoms with E-state index in [1.165, 1.54) is 12.1 Å². The Morgan fingerprint density at radius 3 is 2.58 bits per heavy atom. The molecule has 2 rings (SSSR count). The summed E-state index contributed by atoms with van der Waals surface area (Å²) in [5.74, 6) is -0.310. The highest BCUT2D eigenvalue weighted by Gasteiger charge is 2.47. The molecule has 0 bridgehead atoms. The minimum atomic E-state index is -0.542. The number of halogens is 2. The van der Waals surface area contributed by atoms with Crippen LogP contribution in [-0.2, 0) is 10.3 Å². The van der Waals surface area contributed by atoms with Crippen LogP contribution in [0.5, 0.6) is 0 Å². The van der Waals surface area contributed by atoms with E-state index in [9.17, 15) is 9.18 Å². The van der Waals surface area contributed by atoms with Gasteiger partial charge in [-0.15, -0.1) is 0 Å². The minimum Gasteiger partial charge on any atom is -0.444 e. The van der Waals surface area contributed by atoms with E-state index in [1.54, 1.807) is 6.07 Å². The summed E-state index contributed by atoms with van der Waals surface area (Å²) in [6, 6.07) is 4.49. The molecular formula is C14H17BrFNO2. The third kappa shape index (κ3) is 3.47. The van der Waals surface area contributed by atoms with Gasteiger partial charge in [0, 0.05) is 4.47 Å². The molecule has 1 N–H and O–H groups in total. The summed E-state index contributed by atoms with van der Waals surface area (Å²) in [6.07, 6.45) is 1.10. The fourth-order valence-electron chi connectivity index (χ4n) is 1.95. The maximum Gasteiger partial charge on any atom is 0.408 e. The van der Waals surface area contributed by atoms with Crippen molar-refractivity contribution in [1.29, 1.82) is 0 Å². The summed E-state index contributed by atoms with van der Waals surface area (Å²) >= 11 is 3.40. The molecule has 0 spiro atoms. The summed E-state index contributed by atoms with van der Waals surface area (Å²) in [5.41, 5.74) is -0.277. The quantitative estimate of drug-likeness (QED) is 0.886. The van der Waals surface area contributed by atoms with Crippen molar-refractivity contribution in [3.63, 3.8) is 0 Å². The van der Waals surface area contributed by atoms with Crippen LogP contribution in [0.15, 0.2) is 22.7 Å². The van der Waals surface area contributed by atoms with Gasteiger partial charge in [-0.3, -0.25) is 0 Å². The van der Waals surface area contributed by atoms with Crippen LogP contribution in [0.25, 0.3) is 0 Å². The van der Waals surface area contributed by atoms with Crippen LogP contribution in [0, 0.1) is 5.82 Å². The lowest BCUT2D eigenvalue weighted by atomic mass is 10.1. The Morgan fingerprint density at radius 1 is 1.42 bits per heavy atom. The van der Waals surface area contributed by atoms with Gasteiger partial charge in [0.15, 0.2) is 0 Å². The standard InChI is InChI=1S/C14H17BrFNO2/c1-13(2,3)19-12(18)17-14(6-7-14)10-8-9(16)4-5-11(10)15/h4-5,8H,6-7H2,1-3H3,(H,17,18). The van der Waals surface area contributed by atoms with Crippen molar-refractivity contribution in [2.75, 3.05) is 0 Å². The van der Waals surface area contributed by atoms with Crippen LogP contribution in [0.1, 0.15) is 39.2 Å². The molecule has 0 heterocycles. The van der Waals surface area contributed by atoms with Crippen molar-refractivity contribution >= 4 is 22.0 Å². The molecule has 1 amide bonds. The van der Waals surface area contributed by atoms with Crippen LogP contribution in [-0.4, -0.2) is 11.7 Å². The molecule has 0 aromatic heterocycles. The molecule has 19 heavy (non-hydrogen) atoms. The Morgan fingerprint density at radius 2 is 2.05 bits per heavy atom. The van der Waals surface area contributed by atoms with Gasteiger partial charge in [0.2, 0.25) is 0 Å². The van der Waals surface area contributed by atoms with E-state index in [1.807, 2.05) is 20.8 Å². The first-order valence-corrected chi connectivity index (χ1v) is 6.98. The maximum absolute atomic E-state index is 13.3. The number of alkyl carbamates (subject to hydrolysis) is 1. The van der Waals surface area contributed by atoms with Gasteiger partial charge in [0.1, 0.15) is 11.4 Å². The number of carbonyl (C=O) groups is 1. The fourth-order valence-corrected chi connectivity index (χ4v) is 2.58. The van der Waals surface area contributed by atoms with Gasteiger partial charge in [-0.05, 0) is 57.4 Å². The Kier molecular flexibility index (Phi) is 3.60. The van der Waals surface area contributed by atoms with Crippen molar-refractivity contribution in [3.05, 3.63) is 34.1 Å². The largest absolute Gasteiger partial charge is 0.444 e. The molecule has 1 aliphatic rings. The van der Waals surface area contributed by atoms with Crippen molar-refractivity contribution < 1.29 is 13.9 Å². The highest BCUT2D eigenvalue weighted by Crippen LogP contribution is 2.48. The molecule has 0 aliphatic heterocycles. The zero-order valence-electron chi connectivity index (χ0n) is 11.2. The van der Waals surface area contributed by atoms with E-state index in [-0.39, 0.29) is 5.82 Å². The number of rotatable bonds is 2. The predicted molar refractivity (Wildman–Crippen MR) is 74.4 cm³/mol. The Hall–Kier alpha value is -1.10. The van der Waals surface area contributed by atoms with Crippen LogP contribution in [0.4, 0.5) is 9.18 Å². The second kappa shape index (κ2) is 4.78. The number of hydrogen-bond acceptors (Lipinski definition) is 2. The van der Waals surface area contributed by atoms with E-state index < -0.39 is 17.2 Å². The highest BCUT2D eigenvalue weighted by atomic mass is 79.9. The third-order valence-corrected chi connectivity index (χ3v) is 3.63. The number of hydrogen-bond donors (Lipinski definition) is 1. The maximum atomic E-state index is 13.3. The second-order valence-electron chi connectivity index (χ2n) is 5.83. The lowest BCUT2D eigenvalue weighted by molar-refractivity contribution is 0.0495. The molecule has 104 valence electrons. The Labute approximate surface area is 120 Å². The number of carbonyl (C=O) groups excluding carboxylic acids is 1. The molecular weight excluding hydrogens is 313 g/mol. The zero-order valence-corrected chi connectivity index (χ0v) is 12.8. The fraction of sp³-hybridized carbons (Fsp3) is 0.500. The van der Waals surface area contributed by atoms with Gasteiger partial charge in [-0.25, -0.2) is 9.18 Å². The van der Waals surface area contributed by atoms with Gasteiger partial charge in [0.05, 0.1) is 5.54 Å². The van der Waals surface area contributed by atoms with E-state index in [0.29, 0.717) is 0 Å². The van der Waals surface area contributed by atoms with Crippen LogP contribution >= 0.6 is 15.9 Å². The van der Waals surface area contributed by atoms with Gasteiger partial charge >= 0.3 is 6.09 Å². The summed E-state index contributed by atoms with van der Waals surface area (Å²) < 4.78 is 19.4. The molecule has 1 aliphatic carbocycles. The smallest absolute Gasteiger partial charge is 0.408 e. The van der Waals surface area contributed by atoms with Crippen LogP contribution < -0.4 is 5.32 Å². The second-order valence-corrected chi connectivity index (χ2v) is 6.69. The van der Waals surface area contributed by atoms with Crippen LogP contribution in [0.3, 0.4) is 0 Å². The molecule has 1 saturated carbocycles. The molecule has 5 heteroatoms. The predicted octanol–water partition coefficient (Wildman–Crippen LogP) is 4.10. The van der Waals surface area contributed by atoms with Gasteiger partial charge in [-0.1, -0.05) is 15.9 Å². The molecule has 1 aromatic rings. The summed E-state index contributed by atoms with van der Waals surface area (Å²) in [4.78, 5) is 11.8. The average molecular weight is 330 g/mol. The normalized spacial score (nSPS) is 16.9. The van der Waals surface area contributed by atoms with Gasteiger partial charge < -0.3 is 10.1 Å². The lowest BCUT2D eigenvalue weighted by Gasteiger charge is -2.24. The lowest BCUT2D eigenvalue weighted by Crippen LogP contribution is -2.39. The number of nitrogens with one attached hydrogen (secondary N) is 1. The van der Waals surface area contributed by atoms with Gasteiger partial charge in [0.25, 0.3) is 0 Å². The molecule has 0 radical (unpaired) electrons. The first-order chi connectivity index (χ1) is 8.72. The van der Waals surface area contributed by atoms with E-state index in [0.717, 1.165) is 22.9 Å². The van der Waals surface area contributed by atoms with Crippen molar-refractivity contribution in [3.8, 4) is 0 Å². The summed E-state index contributed by atoms with van der Waals surface area (Å²) in [7, 11) is 0.